The number of hydrogen-bond donors (Lipinski definition) is 3. The third kappa shape index (κ3) is 4.60. The second-order valence-corrected chi connectivity index (χ2v) is 3.96. The Kier molecular flexibility index (Phi) is 5.35. The van der Waals surface area contributed by atoms with Gasteiger partial charge in [0.25, 0.3) is 0 Å². The number of nitrogens with one attached hydrogen (secondary N) is 2. The Labute approximate surface area is 80.9 Å². The zero-order chi connectivity index (χ0) is 9.52. The van der Waals surface area contributed by atoms with E-state index in [0.29, 0.717) is 18.6 Å². The summed E-state index contributed by atoms with van der Waals surface area (Å²) in [6.07, 6.45) is 5.19. The molecule has 0 aromatic heterocycles. The van der Waals surface area contributed by atoms with Crippen LogP contribution in [-0.2, 0) is 0 Å². The van der Waals surface area contributed by atoms with Crippen LogP contribution in [-0.4, -0.2) is 36.9 Å². The first kappa shape index (κ1) is 11.0. The summed E-state index contributed by atoms with van der Waals surface area (Å²) in [5.41, 5.74) is 0. The molecule has 0 aliphatic carbocycles. The van der Waals surface area contributed by atoms with Crippen molar-refractivity contribution < 1.29 is 5.11 Å². The predicted octanol–water partition coefficient (Wildman–Crippen LogP) is 0.489. The monoisotopic (exact) mass is 186 g/mol. The summed E-state index contributed by atoms with van der Waals surface area (Å²) in [6.45, 7) is 4.32. The average molecular weight is 186 g/mol. The van der Waals surface area contributed by atoms with Crippen molar-refractivity contribution in [1.82, 2.24) is 10.6 Å². The lowest BCUT2D eigenvalue weighted by molar-refractivity contribution is 0.276. The van der Waals surface area contributed by atoms with Gasteiger partial charge in [-0.3, -0.25) is 0 Å². The topological polar surface area (TPSA) is 44.3 Å². The van der Waals surface area contributed by atoms with Gasteiger partial charge in [0.2, 0.25) is 0 Å². The molecule has 1 saturated heterocycles. The summed E-state index contributed by atoms with van der Waals surface area (Å²) < 4.78 is 0. The fraction of sp³-hybridized carbons (Fsp3) is 1.00. The van der Waals surface area contributed by atoms with E-state index in [0.717, 1.165) is 0 Å². The van der Waals surface area contributed by atoms with Gasteiger partial charge >= 0.3 is 0 Å². The van der Waals surface area contributed by atoms with Crippen molar-refractivity contribution in [1.29, 1.82) is 0 Å². The second-order valence-electron chi connectivity index (χ2n) is 3.96. The van der Waals surface area contributed by atoms with Crippen LogP contribution in [0, 0.1) is 0 Å². The number of rotatable bonds is 5. The molecule has 1 fully saturated rings. The Bertz CT molecular complexity index is 124. The summed E-state index contributed by atoms with van der Waals surface area (Å²) in [5, 5.41) is 15.5. The van der Waals surface area contributed by atoms with Crippen molar-refractivity contribution in [2.24, 2.45) is 0 Å². The molecule has 2 unspecified atom stereocenters. The van der Waals surface area contributed by atoms with Gasteiger partial charge in [0.15, 0.2) is 0 Å². The zero-order valence-electron chi connectivity index (χ0n) is 8.55. The summed E-state index contributed by atoms with van der Waals surface area (Å²) in [7, 11) is 0. The Hall–Kier alpha value is -0.120. The first-order chi connectivity index (χ1) is 6.33. The van der Waals surface area contributed by atoms with Gasteiger partial charge in [-0.2, -0.15) is 0 Å². The maximum absolute atomic E-state index is 8.64. The third-order valence-corrected chi connectivity index (χ3v) is 2.66. The standard InChI is InChI=1S/C10H22N2O/c1-9(11-6-7-13)8-10-4-2-3-5-12-10/h9-13H,2-8H2,1H3. The van der Waals surface area contributed by atoms with Crippen molar-refractivity contribution in [2.45, 2.75) is 44.7 Å². The Morgan fingerprint density at radius 3 is 3.00 bits per heavy atom. The van der Waals surface area contributed by atoms with E-state index in [2.05, 4.69) is 17.6 Å². The first-order valence-corrected chi connectivity index (χ1v) is 5.40. The summed E-state index contributed by atoms with van der Waals surface area (Å²) >= 11 is 0. The molecule has 3 N–H and O–H groups in total. The lowest BCUT2D eigenvalue weighted by Crippen LogP contribution is -2.40. The minimum Gasteiger partial charge on any atom is -0.395 e. The number of aliphatic hydroxyl groups is 1. The van der Waals surface area contributed by atoms with Crippen LogP contribution in [0.25, 0.3) is 0 Å². The molecule has 0 aromatic carbocycles. The summed E-state index contributed by atoms with van der Waals surface area (Å²) in [6, 6.07) is 1.21. The van der Waals surface area contributed by atoms with Crippen LogP contribution in [0.4, 0.5) is 0 Å². The van der Waals surface area contributed by atoms with Crippen molar-refractivity contribution in [3.63, 3.8) is 0 Å². The Balaban J connectivity index is 2.07. The molecule has 0 amide bonds. The lowest BCUT2D eigenvalue weighted by atomic mass is 9.99. The van der Waals surface area contributed by atoms with Crippen molar-refractivity contribution >= 4 is 0 Å². The second kappa shape index (κ2) is 6.35. The maximum atomic E-state index is 8.64. The van der Waals surface area contributed by atoms with Gasteiger partial charge in [-0.25, -0.2) is 0 Å². The van der Waals surface area contributed by atoms with E-state index < -0.39 is 0 Å². The highest BCUT2D eigenvalue weighted by Crippen LogP contribution is 2.11. The molecule has 0 saturated carbocycles. The van der Waals surface area contributed by atoms with E-state index in [4.69, 9.17) is 5.11 Å². The largest absolute Gasteiger partial charge is 0.395 e. The highest BCUT2D eigenvalue weighted by atomic mass is 16.3. The highest BCUT2D eigenvalue weighted by Gasteiger charge is 2.14. The van der Waals surface area contributed by atoms with Gasteiger partial charge in [0.1, 0.15) is 0 Å². The molecule has 3 heteroatoms. The fourth-order valence-electron chi connectivity index (χ4n) is 1.95. The summed E-state index contributed by atoms with van der Waals surface area (Å²) in [5.74, 6) is 0. The molecule has 0 radical (unpaired) electrons. The zero-order valence-corrected chi connectivity index (χ0v) is 8.55. The van der Waals surface area contributed by atoms with E-state index in [-0.39, 0.29) is 6.61 Å². The molecular weight excluding hydrogens is 164 g/mol. The molecule has 1 heterocycles. The molecule has 2 atom stereocenters. The molecule has 0 spiro atoms. The number of piperidine rings is 1. The molecular formula is C10H22N2O. The molecule has 1 aliphatic heterocycles. The van der Waals surface area contributed by atoms with Gasteiger partial charge in [-0.1, -0.05) is 6.42 Å². The first-order valence-electron chi connectivity index (χ1n) is 5.40. The lowest BCUT2D eigenvalue weighted by Gasteiger charge is -2.26. The quantitative estimate of drug-likeness (QED) is 0.585. The molecule has 0 bridgehead atoms. The fourth-order valence-corrected chi connectivity index (χ4v) is 1.95. The molecule has 1 rings (SSSR count). The van der Waals surface area contributed by atoms with Gasteiger partial charge in [0.05, 0.1) is 6.61 Å². The molecule has 0 aromatic rings. The highest BCUT2D eigenvalue weighted by molar-refractivity contribution is 4.76. The van der Waals surface area contributed by atoms with E-state index in [1.807, 2.05) is 0 Å². The van der Waals surface area contributed by atoms with E-state index in [1.54, 1.807) is 0 Å². The van der Waals surface area contributed by atoms with Crippen LogP contribution in [0.1, 0.15) is 32.6 Å². The van der Waals surface area contributed by atoms with Crippen molar-refractivity contribution in [2.75, 3.05) is 19.7 Å². The maximum Gasteiger partial charge on any atom is 0.0556 e. The Morgan fingerprint density at radius 2 is 2.38 bits per heavy atom. The minimum absolute atomic E-state index is 0.239. The summed E-state index contributed by atoms with van der Waals surface area (Å²) in [4.78, 5) is 0. The van der Waals surface area contributed by atoms with Crippen LogP contribution in [0.15, 0.2) is 0 Å². The average Bonchev–Trinajstić information content (AvgIpc) is 2.16. The molecule has 1 aliphatic rings. The molecule has 3 nitrogen and oxygen atoms in total. The molecule has 13 heavy (non-hydrogen) atoms. The van der Waals surface area contributed by atoms with E-state index in [1.165, 1.54) is 32.2 Å². The third-order valence-electron chi connectivity index (χ3n) is 2.66. The van der Waals surface area contributed by atoms with Crippen LogP contribution in [0.3, 0.4) is 0 Å². The normalized spacial score (nSPS) is 25.8. The van der Waals surface area contributed by atoms with Gasteiger partial charge in [-0.15, -0.1) is 0 Å². The molecule has 78 valence electrons. The van der Waals surface area contributed by atoms with Crippen LogP contribution < -0.4 is 10.6 Å². The van der Waals surface area contributed by atoms with Crippen LogP contribution in [0.5, 0.6) is 0 Å². The smallest absolute Gasteiger partial charge is 0.0556 e. The van der Waals surface area contributed by atoms with Crippen molar-refractivity contribution in [3.05, 3.63) is 0 Å². The van der Waals surface area contributed by atoms with Crippen LogP contribution in [0.2, 0.25) is 0 Å². The Morgan fingerprint density at radius 1 is 1.54 bits per heavy atom. The van der Waals surface area contributed by atoms with Crippen LogP contribution >= 0.6 is 0 Å². The minimum atomic E-state index is 0.239. The van der Waals surface area contributed by atoms with Gasteiger partial charge < -0.3 is 15.7 Å². The van der Waals surface area contributed by atoms with E-state index >= 15 is 0 Å². The van der Waals surface area contributed by atoms with Gasteiger partial charge in [0, 0.05) is 18.6 Å². The predicted molar refractivity (Wildman–Crippen MR) is 54.8 cm³/mol. The number of aliphatic hydroxyl groups excluding tert-OH is 1. The van der Waals surface area contributed by atoms with Crippen molar-refractivity contribution in [3.8, 4) is 0 Å². The van der Waals surface area contributed by atoms with Gasteiger partial charge in [-0.05, 0) is 32.7 Å². The SMILES string of the molecule is CC(CC1CCCCN1)NCCO. The number of hydrogen-bond acceptors (Lipinski definition) is 3. The van der Waals surface area contributed by atoms with E-state index in [9.17, 15) is 0 Å².